The summed E-state index contributed by atoms with van der Waals surface area (Å²) in [6.07, 6.45) is 2.95. The second kappa shape index (κ2) is 5.54. The van der Waals surface area contributed by atoms with Gasteiger partial charge in [-0.1, -0.05) is 6.07 Å². The standard InChI is InChI=1S/C14H20N2O3S/c1-14(7-4-8-15-10-14)13(17)16-11-5-3-6-12(9-11)20(2,18)19/h3,5-6,9,15H,4,7-8,10H2,1-2H3,(H,16,17). The van der Waals surface area contributed by atoms with Gasteiger partial charge in [0, 0.05) is 18.5 Å². The SMILES string of the molecule is CC1(C(=O)Nc2cccc(S(C)(=O)=O)c2)CCCNC1. The monoisotopic (exact) mass is 296 g/mol. The van der Waals surface area contributed by atoms with Crippen molar-refractivity contribution in [2.75, 3.05) is 24.7 Å². The van der Waals surface area contributed by atoms with Gasteiger partial charge in [0.2, 0.25) is 5.91 Å². The van der Waals surface area contributed by atoms with Crippen LogP contribution in [0.4, 0.5) is 5.69 Å². The summed E-state index contributed by atoms with van der Waals surface area (Å²) in [4.78, 5) is 12.6. The van der Waals surface area contributed by atoms with Crippen molar-refractivity contribution in [3.8, 4) is 0 Å². The molecule has 1 aliphatic rings. The highest BCUT2D eigenvalue weighted by Gasteiger charge is 2.34. The first kappa shape index (κ1) is 15.0. The smallest absolute Gasteiger partial charge is 0.231 e. The van der Waals surface area contributed by atoms with Gasteiger partial charge in [-0.15, -0.1) is 0 Å². The molecule has 0 aromatic heterocycles. The van der Waals surface area contributed by atoms with Crippen LogP contribution < -0.4 is 10.6 Å². The van der Waals surface area contributed by atoms with E-state index in [1.54, 1.807) is 12.1 Å². The predicted molar refractivity (Wildman–Crippen MR) is 78.4 cm³/mol. The lowest BCUT2D eigenvalue weighted by atomic mass is 9.82. The van der Waals surface area contributed by atoms with Gasteiger partial charge in [-0.3, -0.25) is 4.79 Å². The molecule has 0 radical (unpaired) electrons. The lowest BCUT2D eigenvalue weighted by molar-refractivity contribution is -0.125. The van der Waals surface area contributed by atoms with E-state index in [1.807, 2.05) is 6.92 Å². The first-order chi connectivity index (χ1) is 9.31. The number of carbonyl (C=O) groups excluding carboxylic acids is 1. The second-order valence-electron chi connectivity index (χ2n) is 5.60. The molecule has 1 fully saturated rings. The Labute approximate surface area is 119 Å². The third kappa shape index (κ3) is 3.37. The van der Waals surface area contributed by atoms with E-state index in [0.29, 0.717) is 12.2 Å². The molecule has 1 aliphatic heterocycles. The van der Waals surface area contributed by atoms with E-state index >= 15 is 0 Å². The molecule has 1 heterocycles. The number of anilines is 1. The topological polar surface area (TPSA) is 75.3 Å². The normalized spacial score (nSPS) is 23.3. The second-order valence-corrected chi connectivity index (χ2v) is 7.61. The van der Waals surface area contributed by atoms with E-state index in [1.165, 1.54) is 12.1 Å². The molecule has 1 aromatic carbocycles. The Bertz CT molecular complexity index is 605. The molecule has 110 valence electrons. The van der Waals surface area contributed by atoms with Crippen molar-refractivity contribution in [3.05, 3.63) is 24.3 Å². The number of hydrogen-bond donors (Lipinski definition) is 2. The lowest BCUT2D eigenvalue weighted by Gasteiger charge is -2.32. The summed E-state index contributed by atoms with van der Waals surface area (Å²) in [6, 6.07) is 6.35. The van der Waals surface area contributed by atoms with Crippen LogP contribution in [-0.2, 0) is 14.6 Å². The highest BCUT2D eigenvalue weighted by Crippen LogP contribution is 2.27. The first-order valence-corrected chi connectivity index (χ1v) is 8.53. The molecule has 1 atom stereocenters. The van der Waals surface area contributed by atoms with Crippen LogP contribution in [0.1, 0.15) is 19.8 Å². The van der Waals surface area contributed by atoms with Crippen molar-refractivity contribution in [3.63, 3.8) is 0 Å². The molecule has 0 saturated carbocycles. The summed E-state index contributed by atoms with van der Waals surface area (Å²) < 4.78 is 23.0. The zero-order valence-electron chi connectivity index (χ0n) is 11.8. The number of piperidine rings is 1. The number of nitrogens with one attached hydrogen (secondary N) is 2. The molecule has 0 aliphatic carbocycles. The molecule has 6 heteroatoms. The number of sulfone groups is 1. The Morgan fingerprint density at radius 3 is 2.75 bits per heavy atom. The van der Waals surface area contributed by atoms with Gasteiger partial charge in [-0.2, -0.15) is 0 Å². The zero-order valence-corrected chi connectivity index (χ0v) is 12.6. The van der Waals surface area contributed by atoms with Crippen molar-refractivity contribution < 1.29 is 13.2 Å². The highest BCUT2D eigenvalue weighted by atomic mass is 32.2. The first-order valence-electron chi connectivity index (χ1n) is 6.64. The van der Waals surface area contributed by atoms with Gasteiger partial charge in [0.25, 0.3) is 0 Å². The van der Waals surface area contributed by atoms with Crippen LogP contribution in [0.3, 0.4) is 0 Å². The maximum absolute atomic E-state index is 12.3. The van der Waals surface area contributed by atoms with E-state index in [2.05, 4.69) is 10.6 Å². The van der Waals surface area contributed by atoms with Gasteiger partial charge in [-0.05, 0) is 44.5 Å². The predicted octanol–water partition coefficient (Wildman–Crippen LogP) is 1.42. The molecule has 2 rings (SSSR count). The Balaban J connectivity index is 2.16. The Kier molecular flexibility index (Phi) is 4.15. The summed E-state index contributed by atoms with van der Waals surface area (Å²) in [7, 11) is -3.26. The Hall–Kier alpha value is -1.40. The van der Waals surface area contributed by atoms with Crippen LogP contribution in [0.2, 0.25) is 0 Å². The molecule has 0 spiro atoms. The highest BCUT2D eigenvalue weighted by molar-refractivity contribution is 7.90. The summed E-state index contributed by atoms with van der Waals surface area (Å²) in [5.41, 5.74) is 0.0732. The Morgan fingerprint density at radius 1 is 1.40 bits per heavy atom. The van der Waals surface area contributed by atoms with Gasteiger partial charge in [-0.25, -0.2) is 8.42 Å². The zero-order chi connectivity index (χ0) is 14.8. The largest absolute Gasteiger partial charge is 0.326 e. The molecule has 0 bridgehead atoms. The van der Waals surface area contributed by atoms with Gasteiger partial charge in [0.05, 0.1) is 10.3 Å². The molecule has 2 N–H and O–H groups in total. The van der Waals surface area contributed by atoms with Crippen LogP contribution in [0.25, 0.3) is 0 Å². The number of hydrogen-bond acceptors (Lipinski definition) is 4. The van der Waals surface area contributed by atoms with Gasteiger partial charge >= 0.3 is 0 Å². The number of benzene rings is 1. The summed E-state index contributed by atoms with van der Waals surface area (Å²) in [5, 5.41) is 6.04. The van der Waals surface area contributed by atoms with E-state index in [0.717, 1.165) is 25.6 Å². The molecular formula is C14H20N2O3S. The van der Waals surface area contributed by atoms with Crippen LogP contribution in [0.15, 0.2) is 29.2 Å². The van der Waals surface area contributed by atoms with E-state index in [9.17, 15) is 13.2 Å². The van der Waals surface area contributed by atoms with Crippen LogP contribution >= 0.6 is 0 Å². The fourth-order valence-electron chi connectivity index (χ4n) is 2.34. The minimum atomic E-state index is -3.26. The molecular weight excluding hydrogens is 276 g/mol. The molecule has 5 nitrogen and oxygen atoms in total. The Morgan fingerprint density at radius 2 is 2.15 bits per heavy atom. The van der Waals surface area contributed by atoms with E-state index in [4.69, 9.17) is 0 Å². The van der Waals surface area contributed by atoms with Crippen molar-refractivity contribution >= 4 is 21.4 Å². The van der Waals surface area contributed by atoms with Gasteiger partial charge in [0.1, 0.15) is 0 Å². The fourth-order valence-corrected chi connectivity index (χ4v) is 3.00. The average Bonchev–Trinajstić information content (AvgIpc) is 2.39. The summed E-state index contributed by atoms with van der Waals surface area (Å²) in [6.45, 7) is 3.51. The lowest BCUT2D eigenvalue weighted by Crippen LogP contribution is -2.46. The maximum atomic E-state index is 12.3. The fraction of sp³-hybridized carbons (Fsp3) is 0.500. The number of rotatable bonds is 3. The van der Waals surface area contributed by atoms with Gasteiger partial charge < -0.3 is 10.6 Å². The van der Waals surface area contributed by atoms with Crippen molar-refractivity contribution in [1.29, 1.82) is 0 Å². The molecule has 1 unspecified atom stereocenters. The third-order valence-electron chi connectivity index (χ3n) is 3.67. The minimum absolute atomic E-state index is 0.0737. The van der Waals surface area contributed by atoms with Crippen molar-refractivity contribution in [1.82, 2.24) is 5.32 Å². The molecule has 1 amide bonds. The van der Waals surface area contributed by atoms with Crippen LogP contribution in [0, 0.1) is 5.41 Å². The minimum Gasteiger partial charge on any atom is -0.326 e. The van der Waals surface area contributed by atoms with Crippen LogP contribution in [0.5, 0.6) is 0 Å². The van der Waals surface area contributed by atoms with Crippen molar-refractivity contribution in [2.24, 2.45) is 5.41 Å². The number of carbonyl (C=O) groups is 1. The average molecular weight is 296 g/mol. The molecule has 1 saturated heterocycles. The molecule has 1 aromatic rings. The van der Waals surface area contributed by atoms with Crippen LogP contribution in [-0.4, -0.2) is 33.7 Å². The van der Waals surface area contributed by atoms with E-state index < -0.39 is 15.3 Å². The quantitative estimate of drug-likeness (QED) is 0.884. The molecule has 20 heavy (non-hydrogen) atoms. The number of amides is 1. The summed E-state index contributed by atoms with van der Waals surface area (Å²) >= 11 is 0. The van der Waals surface area contributed by atoms with Gasteiger partial charge in [0.15, 0.2) is 9.84 Å². The van der Waals surface area contributed by atoms with Crippen molar-refractivity contribution in [2.45, 2.75) is 24.7 Å². The maximum Gasteiger partial charge on any atom is 0.231 e. The summed E-state index contributed by atoms with van der Waals surface area (Å²) in [5.74, 6) is -0.0737. The third-order valence-corrected chi connectivity index (χ3v) is 4.78. The van der Waals surface area contributed by atoms with E-state index in [-0.39, 0.29) is 10.8 Å².